The van der Waals surface area contributed by atoms with Crippen molar-refractivity contribution in [1.82, 2.24) is 10.3 Å². The van der Waals surface area contributed by atoms with Crippen LogP contribution in [0.4, 0.5) is 0 Å². The first-order valence-corrected chi connectivity index (χ1v) is 11.7. The van der Waals surface area contributed by atoms with Gasteiger partial charge in [0.25, 0.3) is 0 Å². The van der Waals surface area contributed by atoms with Crippen LogP contribution in [0.2, 0.25) is 0 Å². The number of hydrogen-bond donors (Lipinski definition) is 2. The van der Waals surface area contributed by atoms with E-state index in [9.17, 15) is 4.79 Å². The maximum atomic E-state index is 12.7. The summed E-state index contributed by atoms with van der Waals surface area (Å²) in [5.74, 6) is 1.17. The highest BCUT2D eigenvalue weighted by Crippen LogP contribution is 2.54. The molecule has 4 atom stereocenters. The number of H-pyrrole nitrogens is 1. The van der Waals surface area contributed by atoms with E-state index in [1.807, 2.05) is 6.07 Å². The topological polar surface area (TPSA) is 63.3 Å². The molecule has 1 aliphatic heterocycles. The van der Waals surface area contributed by atoms with Gasteiger partial charge in [-0.15, -0.1) is 0 Å². The number of carbonyl (C=O) groups excluding carboxylic acids is 1. The van der Waals surface area contributed by atoms with E-state index in [0.29, 0.717) is 12.5 Å². The van der Waals surface area contributed by atoms with E-state index in [4.69, 9.17) is 9.47 Å². The molecule has 166 valence electrons. The molecular weight excluding hydrogens is 388 g/mol. The molecule has 0 amide bonds. The lowest BCUT2D eigenvalue weighted by atomic mass is 9.59. The number of esters is 1. The van der Waals surface area contributed by atoms with Crippen molar-refractivity contribution in [2.45, 2.75) is 58.5 Å². The number of allylic oxidation sites excluding steroid dienone is 2. The number of carbonyl (C=O) groups is 1. The molecule has 3 aliphatic rings. The van der Waals surface area contributed by atoms with Crippen LogP contribution in [0.3, 0.4) is 0 Å². The predicted octanol–water partition coefficient (Wildman–Crippen LogP) is 4.77. The lowest BCUT2D eigenvalue weighted by Gasteiger charge is -2.45. The largest absolute Gasteiger partial charge is 0.497 e. The molecule has 4 unspecified atom stereocenters. The Kier molecular flexibility index (Phi) is 5.33. The lowest BCUT2D eigenvalue weighted by molar-refractivity contribution is -0.145. The summed E-state index contributed by atoms with van der Waals surface area (Å²) >= 11 is 0. The third-order valence-corrected chi connectivity index (χ3v) is 8.09. The van der Waals surface area contributed by atoms with Gasteiger partial charge in [-0.05, 0) is 81.2 Å². The zero-order valence-electron chi connectivity index (χ0n) is 18.9. The number of benzene rings is 1. The summed E-state index contributed by atoms with van der Waals surface area (Å²) in [6.07, 6.45) is 8.84. The van der Waals surface area contributed by atoms with E-state index < -0.39 is 0 Å². The van der Waals surface area contributed by atoms with Crippen LogP contribution in [0.5, 0.6) is 5.75 Å². The average molecular weight is 423 g/mol. The first kappa shape index (κ1) is 20.6. The molecule has 1 aromatic carbocycles. The first-order chi connectivity index (χ1) is 15.0. The number of methoxy groups -OCH3 is 1. The number of hydrogen-bond acceptors (Lipinski definition) is 4. The van der Waals surface area contributed by atoms with E-state index >= 15 is 0 Å². The van der Waals surface area contributed by atoms with Crippen LogP contribution in [-0.4, -0.2) is 37.3 Å². The Morgan fingerprint density at radius 2 is 2.23 bits per heavy atom. The number of ether oxygens (including phenoxy) is 2. The molecule has 2 aliphatic carbocycles. The Hall–Kier alpha value is -2.27. The normalized spacial score (nSPS) is 30.3. The highest BCUT2D eigenvalue weighted by atomic mass is 16.6. The molecular formula is C26H34N2O3. The second-order valence-electron chi connectivity index (χ2n) is 10.0. The van der Waals surface area contributed by atoms with E-state index in [-0.39, 0.29) is 23.4 Å². The van der Waals surface area contributed by atoms with Gasteiger partial charge in [0.05, 0.1) is 13.0 Å². The van der Waals surface area contributed by atoms with Crippen LogP contribution < -0.4 is 10.1 Å². The molecule has 2 fully saturated rings. The second-order valence-corrected chi connectivity index (χ2v) is 10.0. The molecule has 2 aromatic rings. The van der Waals surface area contributed by atoms with E-state index in [1.54, 1.807) is 18.3 Å². The predicted molar refractivity (Wildman–Crippen MR) is 122 cm³/mol. The quantitative estimate of drug-likeness (QED) is 0.400. The molecule has 31 heavy (non-hydrogen) atoms. The molecule has 1 saturated heterocycles. The fraction of sp³-hybridized carbons (Fsp3) is 0.577. The Bertz CT molecular complexity index is 1020. The van der Waals surface area contributed by atoms with Gasteiger partial charge in [0.1, 0.15) is 11.9 Å². The van der Waals surface area contributed by atoms with E-state index in [1.165, 1.54) is 30.2 Å². The monoisotopic (exact) mass is 422 g/mol. The summed E-state index contributed by atoms with van der Waals surface area (Å²) < 4.78 is 11.3. The van der Waals surface area contributed by atoms with Crippen molar-refractivity contribution in [3.8, 4) is 5.75 Å². The minimum atomic E-state index is -0.0279. The molecule has 0 spiro atoms. The smallest absolute Gasteiger partial charge is 0.310 e. The number of aromatic amines is 1. The molecule has 1 aromatic heterocycles. The molecule has 2 heterocycles. The minimum absolute atomic E-state index is 0.000157. The Morgan fingerprint density at radius 1 is 1.35 bits per heavy atom. The summed E-state index contributed by atoms with van der Waals surface area (Å²) in [6.45, 7) is 6.23. The standard InChI is InChI=1S/C26H34N2O3/c1-16-5-4-9-26(2)13-24-20(12-22(16)26)21(25(29)31-24)15-27-10-8-17-14-28-23-7-6-18(30-3)11-19(17)23/h6-7,11,14,20-21,24,27-28H,4-5,8-10,12-13,15H2,1-3H3. The van der Waals surface area contributed by atoms with Crippen LogP contribution in [0.1, 0.15) is 51.5 Å². The van der Waals surface area contributed by atoms with Crippen molar-refractivity contribution in [3.05, 3.63) is 41.1 Å². The van der Waals surface area contributed by atoms with Crippen molar-refractivity contribution in [2.75, 3.05) is 20.2 Å². The van der Waals surface area contributed by atoms with Gasteiger partial charge in [0, 0.05) is 29.6 Å². The molecule has 2 N–H and O–H groups in total. The maximum Gasteiger partial charge on any atom is 0.310 e. The van der Waals surface area contributed by atoms with Gasteiger partial charge >= 0.3 is 5.97 Å². The highest BCUT2D eigenvalue weighted by Gasteiger charge is 2.52. The fourth-order valence-electron chi connectivity index (χ4n) is 6.32. The zero-order valence-corrected chi connectivity index (χ0v) is 18.9. The molecule has 0 radical (unpaired) electrons. The third-order valence-electron chi connectivity index (χ3n) is 8.09. The number of rotatable bonds is 6. The van der Waals surface area contributed by atoms with Gasteiger partial charge in [-0.2, -0.15) is 0 Å². The summed E-state index contributed by atoms with van der Waals surface area (Å²) in [5.41, 5.74) is 5.82. The second kappa shape index (κ2) is 8.01. The van der Waals surface area contributed by atoms with Crippen molar-refractivity contribution < 1.29 is 14.3 Å². The summed E-state index contributed by atoms with van der Waals surface area (Å²) in [6, 6.07) is 6.11. The highest BCUT2D eigenvalue weighted by molar-refractivity contribution is 5.84. The fourth-order valence-corrected chi connectivity index (χ4v) is 6.32. The molecule has 1 saturated carbocycles. The SMILES string of the molecule is COc1ccc2[nH]cc(CCNCC3C(=O)OC4CC5(C)CCCC(C)=C5CC43)c2c1. The van der Waals surface area contributed by atoms with Gasteiger partial charge in [0.15, 0.2) is 0 Å². The van der Waals surface area contributed by atoms with Gasteiger partial charge in [-0.3, -0.25) is 4.79 Å². The maximum absolute atomic E-state index is 12.7. The molecule has 5 nitrogen and oxygen atoms in total. The Labute approximate surface area is 184 Å². The van der Waals surface area contributed by atoms with E-state index in [2.05, 4.69) is 42.5 Å². The molecule has 5 heteroatoms. The van der Waals surface area contributed by atoms with Gasteiger partial charge in [-0.25, -0.2) is 0 Å². The summed E-state index contributed by atoms with van der Waals surface area (Å²) in [7, 11) is 1.70. The van der Waals surface area contributed by atoms with Crippen molar-refractivity contribution >= 4 is 16.9 Å². The zero-order chi connectivity index (χ0) is 21.6. The van der Waals surface area contributed by atoms with Crippen molar-refractivity contribution in [1.29, 1.82) is 0 Å². The van der Waals surface area contributed by atoms with Gasteiger partial charge < -0.3 is 19.8 Å². The molecule has 5 rings (SSSR count). The van der Waals surface area contributed by atoms with Crippen LogP contribution in [0.15, 0.2) is 35.5 Å². The van der Waals surface area contributed by atoms with Crippen LogP contribution in [-0.2, 0) is 16.0 Å². The lowest BCUT2D eigenvalue weighted by Crippen LogP contribution is -2.40. The van der Waals surface area contributed by atoms with Gasteiger partial charge in [-0.1, -0.05) is 18.1 Å². The summed E-state index contributed by atoms with van der Waals surface area (Å²) in [4.78, 5) is 16.0. The number of fused-ring (bicyclic) bond motifs is 3. The van der Waals surface area contributed by atoms with Crippen LogP contribution in [0.25, 0.3) is 10.9 Å². The Balaban J connectivity index is 1.22. The van der Waals surface area contributed by atoms with E-state index in [0.717, 1.165) is 37.1 Å². The summed E-state index contributed by atoms with van der Waals surface area (Å²) in [5, 5.41) is 4.75. The first-order valence-electron chi connectivity index (χ1n) is 11.7. The average Bonchev–Trinajstić information content (AvgIpc) is 3.29. The number of aromatic nitrogens is 1. The van der Waals surface area contributed by atoms with Gasteiger partial charge in [0.2, 0.25) is 0 Å². The van der Waals surface area contributed by atoms with Crippen LogP contribution in [0, 0.1) is 17.3 Å². The van der Waals surface area contributed by atoms with Crippen molar-refractivity contribution in [2.24, 2.45) is 17.3 Å². The minimum Gasteiger partial charge on any atom is -0.497 e. The third kappa shape index (κ3) is 3.67. The van der Waals surface area contributed by atoms with Crippen molar-refractivity contribution in [3.63, 3.8) is 0 Å². The number of nitrogens with one attached hydrogen (secondary N) is 2. The Morgan fingerprint density at radius 3 is 3.06 bits per heavy atom. The molecule has 0 bridgehead atoms. The van der Waals surface area contributed by atoms with Crippen LogP contribution >= 0.6 is 0 Å².